The van der Waals surface area contributed by atoms with Crippen LogP contribution in [-0.2, 0) is 0 Å². The molecule has 0 fully saturated rings. The van der Waals surface area contributed by atoms with Crippen molar-refractivity contribution in [3.05, 3.63) is 11.5 Å². The van der Waals surface area contributed by atoms with Crippen molar-refractivity contribution in [2.45, 2.75) is 64.5 Å². The first-order chi connectivity index (χ1) is 5.95. The SMILES string of the molecule is C=C(CCCCCC)SC(C)(C)C. The third-order valence-electron chi connectivity index (χ3n) is 1.76. The Labute approximate surface area is 88.2 Å². The molecular weight excluding hydrogens is 176 g/mol. The summed E-state index contributed by atoms with van der Waals surface area (Å²) in [4.78, 5) is 1.35. The summed E-state index contributed by atoms with van der Waals surface area (Å²) in [6, 6.07) is 0. The first-order valence-corrected chi connectivity index (χ1v) is 6.14. The average Bonchev–Trinajstić information content (AvgIpc) is 1.94. The van der Waals surface area contributed by atoms with E-state index in [0.29, 0.717) is 4.75 Å². The minimum Gasteiger partial charge on any atom is -0.125 e. The summed E-state index contributed by atoms with van der Waals surface area (Å²) in [5, 5.41) is 0. The van der Waals surface area contributed by atoms with Crippen LogP contribution in [0.4, 0.5) is 0 Å². The van der Waals surface area contributed by atoms with Crippen molar-refractivity contribution in [3.8, 4) is 0 Å². The summed E-state index contributed by atoms with van der Waals surface area (Å²) in [6.45, 7) is 13.1. The van der Waals surface area contributed by atoms with E-state index in [0.717, 1.165) is 0 Å². The molecule has 0 bridgehead atoms. The van der Waals surface area contributed by atoms with Crippen LogP contribution >= 0.6 is 11.8 Å². The van der Waals surface area contributed by atoms with Crippen molar-refractivity contribution in [2.24, 2.45) is 0 Å². The van der Waals surface area contributed by atoms with E-state index in [4.69, 9.17) is 0 Å². The average molecular weight is 200 g/mol. The minimum absolute atomic E-state index is 0.335. The molecule has 0 aromatic heterocycles. The molecule has 0 saturated carbocycles. The second-order valence-corrected chi connectivity index (χ2v) is 6.57. The molecule has 0 saturated heterocycles. The first-order valence-electron chi connectivity index (χ1n) is 5.32. The van der Waals surface area contributed by atoms with Crippen LogP contribution in [0.1, 0.15) is 59.8 Å². The molecule has 78 valence electrons. The van der Waals surface area contributed by atoms with Gasteiger partial charge < -0.3 is 0 Å². The molecular formula is C12H24S. The highest BCUT2D eigenvalue weighted by Crippen LogP contribution is 2.32. The highest BCUT2D eigenvalue weighted by molar-refractivity contribution is 8.04. The van der Waals surface area contributed by atoms with Crippen LogP contribution in [0.25, 0.3) is 0 Å². The lowest BCUT2D eigenvalue weighted by Gasteiger charge is -2.18. The van der Waals surface area contributed by atoms with Crippen LogP contribution in [0, 0.1) is 0 Å². The van der Waals surface area contributed by atoms with Crippen molar-refractivity contribution >= 4 is 11.8 Å². The highest BCUT2D eigenvalue weighted by Gasteiger charge is 2.11. The Hall–Kier alpha value is 0.0900. The molecule has 0 N–H and O–H groups in total. The van der Waals surface area contributed by atoms with Crippen LogP contribution in [-0.4, -0.2) is 4.75 Å². The van der Waals surface area contributed by atoms with Gasteiger partial charge in [-0.25, -0.2) is 0 Å². The maximum Gasteiger partial charge on any atom is 0.0119 e. The van der Waals surface area contributed by atoms with Crippen molar-refractivity contribution in [1.82, 2.24) is 0 Å². The molecule has 0 aromatic rings. The highest BCUT2D eigenvalue weighted by atomic mass is 32.2. The number of unbranched alkanes of at least 4 members (excludes halogenated alkanes) is 3. The van der Waals surface area contributed by atoms with Gasteiger partial charge in [0.2, 0.25) is 0 Å². The first kappa shape index (κ1) is 13.1. The van der Waals surface area contributed by atoms with Crippen LogP contribution < -0.4 is 0 Å². The second kappa shape index (κ2) is 6.53. The topological polar surface area (TPSA) is 0 Å². The quantitative estimate of drug-likeness (QED) is 0.544. The number of thioether (sulfide) groups is 1. The molecule has 0 aliphatic rings. The molecule has 0 amide bonds. The number of rotatable bonds is 6. The van der Waals surface area contributed by atoms with Crippen LogP contribution in [0.15, 0.2) is 11.5 Å². The summed E-state index contributed by atoms with van der Waals surface area (Å²) in [5.74, 6) is 0. The summed E-state index contributed by atoms with van der Waals surface area (Å²) in [5.41, 5.74) is 0. The van der Waals surface area contributed by atoms with E-state index in [1.54, 1.807) is 0 Å². The zero-order valence-corrected chi connectivity index (χ0v) is 10.5. The van der Waals surface area contributed by atoms with Gasteiger partial charge in [-0.15, -0.1) is 11.8 Å². The summed E-state index contributed by atoms with van der Waals surface area (Å²) in [7, 11) is 0. The van der Waals surface area contributed by atoms with E-state index in [9.17, 15) is 0 Å². The molecule has 0 heterocycles. The molecule has 0 nitrogen and oxygen atoms in total. The molecule has 0 aliphatic carbocycles. The lowest BCUT2D eigenvalue weighted by atomic mass is 10.1. The van der Waals surface area contributed by atoms with Gasteiger partial charge >= 0.3 is 0 Å². The second-order valence-electron chi connectivity index (χ2n) is 4.56. The van der Waals surface area contributed by atoms with Crippen molar-refractivity contribution in [1.29, 1.82) is 0 Å². The molecule has 0 radical (unpaired) electrons. The Morgan fingerprint density at radius 3 is 2.23 bits per heavy atom. The van der Waals surface area contributed by atoms with E-state index in [-0.39, 0.29) is 0 Å². The van der Waals surface area contributed by atoms with E-state index >= 15 is 0 Å². The predicted octanol–water partition coefficient (Wildman–Crippen LogP) is 5.00. The van der Waals surface area contributed by atoms with Gasteiger partial charge in [0.05, 0.1) is 0 Å². The molecule has 13 heavy (non-hydrogen) atoms. The molecule has 0 atom stereocenters. The lowest BCUT2D eigenvalue weighted by molar-refractivity contribution is 0.671. The third kappa shape index (κ3) is 10.0. The van der Waals surface area contributed by atoms with Gasteiger partial charge in [0.15, 0.2) is 0 Å². The van der Waals surface area contributed by atoms with E-state index in [2.05, 4.69) is 34.3 Å². The monoisotopic (exact) mass is 200 g/mol. The fraction of sp³-hybridized carbons (Fsp3) is 0.833. The number of hydrogen-bond donors (Lipinski definition) is 0. The zero-order chi connectivity index (χ0) is 10.3. The third-order valence-corrected chi connectivity index (χ3v) is 2.86. The van der Waals surface area contributed by atoms with Crippen LogP contribution in [0.5, 0.6) is 0 Å². The zero-order valence-electron chi connectivity index (χ0n) is 9.65. The van der Waals surface area contributed by atoms with Gasteiger partial charge in [-0.2, -0.15) is 0 Å². The molecule has 0 rings (SSSR count). The standard InChI is InChI=1S/C12H24S/c1-6-7-8-9-10-11(2)13-12(3,4)5/h2,6-10H2,1,3-5H3. The van der Waals surface area contributed by atoms with Crippen molar-refractivity contribution in [2.75, 3.05) is 0 Å². The van der Waals surface area contributed by atoms with E-state index in [1.165, 1.54) is 37.0 Å². The van der Waals surface area contributed by atoms with Gasteiger partial charge in [-0.1, -0.05) is 53.5 Å². The minimum atomic E-state index is 0.335. The van der Waals surface area contributed by atoms with Crippen LogP contribution in [0.2, 0.25) is 0 Å². The fourth-order valence-electron chi connectivity index (χ4n) is 1.23. The largest absolute Gasteiger partial charge is 0.125 e. The molecule has 0 aromatic carbocycles. The molecule has 0 spiro atoms. The van der Waals surface area contributed by atoms with Gasteiger partial charge in [0.25, 0.3) is 0 Å². The maximum absolute atomic E-state index is 4.10. The van der Waals surface area contributed by atoms with Crippen LogP contribution in [0.3, 0.4) is 0 Å². The van der Waals surface area contributed by atoms with Gasteiger partial charge in [-0.3, -0.25) is 0 Å². The molecule has 0 unspecified atom stereocenters. The van der Waals surface area contributed by atoms with E-state index in [1.807, 2.05) is 11.8 Å². The molecule has 0 aliphatic heterocycles. The lowest BCUT2D eigenvalue weighted by Crippen LogP contribution is -2.07. The number of allylic oxidation sites excluding steroid dienone is 1. The van der Waals surface area contributed by atoms with Gasteiger partial charge in [0.1, 0.15) is 0 Å². The Morgan fingerprint density at radius 1 is 1.15 bits per heavy atom. The Kier molecular flexibility index (Phi) is 6.58. The summed E-state index contributed by atoms with van der Waals surface area (Å²) in [6.07, 6.45) is 6.56. The van der Waals surface area contributed by atoms with E-state index < -0.39 is 0 Å². The summed E-state index contributed by atoms with van der Waals surface area (Å²) >= 11 is 1.92. The summed E-state index contributed by atoms with van der Waals surface area (Å²) < 4.78 is 0.335. The predicted molar refractivity (Wildman–Crippen MR) is 65.2 cm³/mol. The number of hydrogen-bond acceptors (Lipinski definition) is 1. The Morgan fingerprint density at radius 2 is 1.77 bits per heavy atom. The van der Waals surface area contributed by atoms with Crippen molar-refractivity contribution in [3.63, 3.8) is 0 Å². The fourth-order valence-corrected chi connectivity index (χ4v) is 2.35. The molecule has 1 heteroatoms. The van der Waals surface area contributed by atoms with Gasteiger partial charge in [0, 0.05) is 4.75 Å². The normalized spacial score (nSPS) is 11.7. The maximum atomic E-state index is 4.10. The Bertz CT molecular complexity index is 142. The Balaban J connectivity index is 3.41. The van der Waals surface area contributed by atoms with Gasteiger partial charge in [-0.05, 0) is 17.7 Å². The smallest absolute Gasteiger partial charge is 0.0119 e. The van der Waals surface area contributed by atoms with Crippen molar-refractivity contribution < 1.29 is 0 Å².